The van der Waals surface area contributed by atoms with Crippen LogP contribution in [0.25, 0.3) is 11.4 Å². The lowest BCUT2D eigenvalue weighted by Gasteiger charge is -2.09. The summed E-state index contributed by atoms with van der Waals surface area (Å²) in [6.45, 7) is 1.91. The van der Waals surface area contributed by atoms with Crippen molar-refractivity contribution in [2.24, 2.45) is 7.05 Å². The van der Waals surface area contributed by atoms with E-state index in [1.807, 2.05) is 61.0 Å². The standard InChI is InChI=1S/C26H25N5O3S/c1-17-6-4-5-7-22(17)25(33)28-20-10-8-18(9-11-20)24-29-30-26(31(24)2)35-16-23(32)27-19-12-14-21(34-3)15-13-19/h4-15H,16H2,1-3H3,(H,27,32)(H,28,33). The molecule has 2 amide bonds. The van der Waals surface area contributed by atoms with Crippen molar-refractivity contribution in [3.63, 3.8) is 0 Å². The van der Waals surface area contributed by atoms with Crippen molar-refractivity contribution >= 4 is 35.0 Å². The van der Waals surface area contributed by atoms with Gasteiger partial charge >= 0.3 is 0 Å². The lowest BCUT2D eigenvalue weighted by Crippen LogP contribution is -2.14. The highest BCUT2D eigenvalue weighted by Crippen LogP contribution is 2.24. The third kappa shape index (κ3) is 5.88. The van der Waals surface area contributed by atoms with Crippen LogP contribution >= 0.6 is 11.8 Å². The van der Waals surface area contributed by atoms with Crippen molar-refractivity contribution in [2.75, 3.05) is 23.5 Å². The third-order valence-electron chi connectivity index (χ3n) is 5.33. The average molecular weight is 488 g/mol. The van der Waals surface area contributed by atoms with Crippen molar-refractivity contribution in [3.8, 4) is 17.1 Å². The molecule has 0 fully saturated rings. The van der Waals surface area contributed by atoms with E-state index in [9.17, 15) is 9.59 Å². The molecule has 1 heterocycles. The van der Waals surface area contributed by atoms with Gasteiger partial charge in [-0.15, -0.1) is 10.2 Å². The summed E-state index contributed by atoms with van der Waals surface area (Å²) in [5, 5.41) is 14.9. The van der Waals surface area contributed by atoms with Crippen LogP contribution in [0.15, 0.2) is 78.0 Å². The average Bonchev–Trinajstić information content (AvgIpc) is 3.24. The van der Waals surface area contributed by atoms with Crippen LogP contribution in [0.1, 0.15) is 15.9 Å². The van der Waals surface area contributed by atoms with E-state index in [1.54, 1.807) is 37.4 Å². The summed E-state index contributed by atoms with van der Waals surface area (Å²) in [4.78, 5) is 24.9. The zero-order chi connectivity index (χ0) is 24.8. The normalized spacial score (nSPS) is 10.6. The number of aryl methyl sites for hydroxylation is 1. The number of methoxy groups -OCH3 is 1. The van der Waals surface area contributed by atoms with Gasteiger partial charge in [0.05, 0.1) is 12.9 Å². The van der Waals surface area contributed by atoms with Crippen LogP contribution in [0, 0.1) is 6.92 Å². The number of hydrogen-bond donors (Lipinski definition) is 2. The first-order valence-corrected chi connectivity index (χ1v) is 11.9. The monoisotopic (exact) mass is 487 g/mol. The zero-order valence-electron chi connectivity index (χ0n) is 19.6. The Morgan fingerprint density at radius 2 is 1.57 bits per heavy atom. The van der Waals surface area contributed by atoms with Gasteiger partial charge in [-0.3, -0.25) is 9.59 Å². The van der Waals surface area contributed by atoms with E-state index in [2.05, 4.69) is 20.8 Å². The van der Waals surface area contributed by atoms with Crippen molar-refractivity contribution in [2.45, 2.75) is 12.1 Å². The molecule has 0 aliphatic carbocycles. The van der Waals surface area contributed by atoms with E-state index in [4.69, 9.17) is 4.74 Å². The molecule has 35 heavy (non-hydrogen) atoms. The summed E-state index contributed by atoms with van der Waals surface area (Å²) in [5.74, 6) is 1.30. The number of rotatable bonds is 8. The highest BCUT2D eigenvalue weighted by Gasteiger charge is 2.14. The second-order valence-corrected chi connectivity index (χ2v) is 8.72. The maximum atomic E-state index is 12.5. The van der Waals surface area contributed by atoms with Gasteiger partial charge in [0.25, 0.3) is 5.91 Å². The predicted molar refractivity (Wildman–Crippen MR) is 138 cm³/mol. The molecule has 0 saturated carbocycles. The van der Waals surface area contributed by atoms with E-state index >= 15 is 0 Å². The van der Waals surface area contributed by atoms with Gasteiger partial charge in [-0.05, 0) is 67.1 Å². The minimum atomic E-state index is -0.152. The summed E-state index contributed by atoms with van der Waals surface area (Å²) >= 11 is 1.30. The number of aromatic nitrogens is 3. The lowest BCUT2D eigenvalue weighted by atomic mass is 10.1. The molecule has 178 valence electrons. The molecule has 4 rings (SSSR count). The molecule has 0 aliphatic rings. The van der Waals surface area contributed by atoms with Gasteiger partial charge in [-0.25, -0.2) is 0 Å². The highest BCUT2D eigenvalue weighted by molar-refractivity contribution is 7.99. The molecular weight excluding hydrogens is 462 g/mol. The van der Waals surface area contributed by atoms with Gasteiger partial charge in [0.15, 0.2) is 11.0 Å². The van der Waals surface area contributed by atoms with Crippen molar-refractivity contribution < 1.29 is 14.3 Å². The molecule has 3 aromatic carbocycles. The summed E-state index contributed by atoms with van der Waals surface area (Å²) in [6.07, 6.45) is 0. The fourth-order valence-corrected chi connectivity index (χ4v) is 4.13. The SMILES string of the molecule is COc1ccc(NC(=O)CSc2nnc(-c3ccc(NC(=O)c4ccccc4C)cc3)n2C)cc1. The van der Waals surface area contributed by atoms with Crippen LogP contribution in [-0.2, 0) is 11.8 Å². The number of amides is 2. The Morgan fingerprint density at radius 3 is 2.26 bits per heavy atom. The topological polar surface area (TPSA) is 98.1 Å². The van der Waals surface area contributed by atoms with Crippen LogP contribution < -0.4 is 15.4 Å². The van der Waals surface area contributed by atoms with E-state index in [1.165, 1.54) is 11.8 Å². The number of benzene rings is 3. The van der Waals surface area contributed by atoms with Crippen molar-refractivity contribution in [1.29, 1.82) is 0 Å². The Bertz CT molecular complexity index is 1330. The van der Waals surface area contributed by atoms with Crippen LogP contribution in [0.4, 0.5) is 11.4 Å². The number of nitrogens with one attached hydrogen (secondary N) is 2. The molecule has 2 N–H and O–H groups in total. The first-order valence-electron chi connectivity index (χ1n) is 10.9. The number of nitrogens with zero attached hydrogens (tertiary/aromatic N) is 3. The Balaban J connectivity index is 1.36. The van der Waals surface area contributed by atoms with Gasteiger partial charge in [0, 0.05) is 29.5 Å². The Labute approximate surface area is 207 Å². The molecule has 9 heteroatoms. The van der Waals surface area contributed by atoms with E-state index in [0.717, 1.165) is 16.9 Å². The molecule has 0 saturated heterocycles. The molecule has 8 nitrogen and oxygen atoms in total. The smallest absolute Gasteiger partial charge is 0.255 e. The quantitative estimate of drug-likeness (QED) is 0.347. The number of carbonyl (C=O) groups excluding carboxylic acids is 2. The Kier molecular flexibility index (Phi) is 7.47. The van der Waals surface area contributed by atoms with Gasteiger partial charge < -0.3 is 19.9 Å². The zero-order valence-corrected chi connectivity index (χ0v) is 20.4. The third-order valence-corrected chi connectivity index (χ3v) is 6.35. The predicted octanol–water partition coefficient (Wildman–Crippen LogP) is 4.78. The van der Waals surface area contributed by atoms with E-state index < -0.39 is 0 Å². The van der Waals surface area contributed by atoms with Gasteiger partial charge in [0.2, 0.25) is 5.91 Å². The fraction of sp³-hybridized carbons (Fsp3) is 0.154. The molecule has 0 bridgehead atoms. The van der Waals surface area contributed by atoms with Gasteiger partial charge in [0.1, 0.15) is 5.75 Å². The van der Waals surface area contributed by atoms with Crippen LogP contribution in [0.3, 0.4) is 0 Å². The molecule has 1 aromatic heterocycles. The highest BCUT2D eigenvalue weighted by atomic mass is 32.2. The van der Waals surface area contributed by atoms with E-state index in [-0.39, 0.29) is 17.6 Å². The Morgan fingerprint density at radius 1 is 0.914 bits per heavy atom. The number of hydrogen-bond acceptors (Lipinski definition) is 6. The minimum Gasteiger partial charge on any atom is -0.497 e. The number of carbonyl (C=O) groups is 2. The molecule has 0 spiro atoms. The van der Waals surface area contributed by atoms with Gasteiger partial charge in [-0.1, -0.05) is 30.0 Å². The van der Waals surface area contributed by atoms with Crippen molar-refractivity contribution in [3.05, 3.63) is 83.9 Å². The molecule has 0 unspecified atom stereocenters. The van der Waals surface area contributed by atoms with Crippen molar-refractivity contribution in [1.82, 2.24) is 14.8 Å². The lowest BCUT2D eigenvalue weighted by molar-refractivity contribution is -0.113. The molecular formula is C26H25N5O3S. The summed E-state index contributed by atoms with van der Waals surface area (Å²) in [5.41, 5.74) is 3.80. The molecule has 4 aromatic rings. The summed E-state index contributed by atoms with van der Waals surface area (Å²) in [6, 6.07) is 22.0. The molecule has 0 atom stereocenters. The minimum absolute atomic E-state index is 0.140. The number of ether oxygens (including phenoxy) is 1. The molecule has 0 radical (unpaired) electrons. The van der Waals surface area contributed by atoms with Crippen LogP contribution in [0.2, 0.25) is 0 Å². The van der Waals surface area contributed by atoms with Crippen LogP contribution in [-0.4, -0.2) is 39.4 Å². The number of thioether (sulfide) groups is 1. The Hall–Kier alpha value is -4.11. The summed E-state index contributed by atoms with van der Waals surface area (Å²) in [7, 11) is 3.45. The first-order chi connectivity index (χ1) is 16.9. The second-order valence-electron chi connectivity index (χ2n) is 7.78. The maximum absolute atomic E-state index is 12.5. The molecule has 0 aliphatic heterocycles. The second kappa shape index (κ2) is 10.9. The first kappa shape index (κ1) is 24.0. The van der Waals surface area contributed by atoms with Gasteiger partial charge in [-0.2, -0.15) is 0 Å². The van der Waals surface area contributed by atoms with Crippen LogP contribution in [0.5, 0.6) is 5.75 Å². The van der Waals surface area contributed by atoms with E-state index in [0.29, 0.717) is 27.9 Å². The fourth-order valence-electron chi connectivity index (χ4n) is 3.42. The largest absolute Gasteiger partial charge is 0.497 e. The maximum Gasteiger partial charge on any atom is 0.255 e. The summed E-state index contributed by atoms with van der Waals surface area (Å²) < 4.78 is 6.96. The number of anilines is 2.